The predicted octanol–water partition coefficient (Wildman–Crippen LogP) is 1.55. The molecule has 1 unspecified atom stereocenters. The smallest absolute Gasteiger partial charge is 0.231 e. The minimum Gasteiger partial charge on any atom is -0.324 e. The lowest BCUT2D eigenvalue weighted by Crippen LogP contribution is -2.46. The summed E-state index contributed by atoms with van der Waals surface area (Å²) >= 11 is 0. The number of hydrogen-bond acceptors (Lipinski definition) is 3. The zero-order valence-corrected chi connectivity index (χ0v) is 9.79. The van der Waals surface area contributed by atoms with Crippen LogP contribution in [0, 0.1) is 11.2 Å². The molecule has 2 heterocycles. The molecule has 0 aromatic carbocycles. The molecule has 0 spiro atoms. The number of hydrogen-bond donors (Lipinski definition) is 2. The van der Waals surface area contributed by atoms with Crippen LogP contribution in [0.5, 0.6) is 0 Å². The molecule has 2 rings (SSSR count). The van der Waals surface area contributed by atoms with Crippen molar-refractivity contribution in [2.75, 3.05) is 18.4 Å². The van der Waals surface area contributed by atoms with Gasteiger partial charge in [0.1, 0.15) is 5.82 Å². The van der Waals surface area contributed by atoms with Gasteiger partial charge in [-0.15, -0.1) is 0 Å². The van der Waals surface area contributed by atoms with Gasteiger partial charge in [-0.2, -0.15) is 0 Å². The van der Waals surface area contributed by atoms with Gasteiger partial charge >= 0.3 is 0 Å². The van der Waals surface area contributed by atoms with Gasteiger partial charge in [0.05, 0.1) is 23.5 Å². The third-order valence-electron chi connectivity index (χ3n) is 3.11. The van der Waals surface area contributed by atoms with E-state index in [0.717, 1.165) is 25.6 Å². The van der Waals surface area contributed by atoms with Crippen molar-refractivity contribution < 1.29 is 9.18 Å². The molecule has 2 N–H and O–H groups in total. The molecule has 1 aromatic rings. The maximum absolute atomic E-state index is 12.9. The van der Waals surface area contributed by atoms with Gasteiger partial charge in [-0.3, -0.25) is 9.78 Å². The van der Waals surface area contributed by atoms with Crippen molar-refractivity contribution in [2.45, 2.75) is 19.8 Å². The molecule has 1 aliphatic heterocycles. The molecule has 17 heavy (non-hydrogen) atoms. The Kier molecular flexibility index (Phi) is 3.38. The first kappa shape index (κ1) is 12.0. The Morgan fingerprint density at radius 2 is 2.41 bits per heavy atom. The van der Waals surface area contributed by atoms with Gasteiger partial charge in [0.15, 0.2) is 0 Å². The number of carbonyl (C=O) groups is 1. The number of rotatable bonds is 2. The van der Waals surface area contributed by atoms with Gasteiger partial charge < -0.3 is 10.6 Å². The highest BCUT2D eigenvalue weighted by atomic mass is 19.1. The molecule has 5 heteroatoms. The van der Waals surface area contributed by atoms with Crippen LogP contribution in [-0.4, -0.2) is 24.0 Å². The predicted molar refractivity (Wildman–Crippen MR) is 63.0 cm³/mol. The fourth-order valence-electron chi connectivity index (χ4n) is 2.01. The molecule has 1 aromatic heterocycles. The number of nitrogens with one attached hydrogen (secondary N) is 2. The van der Waals surface area contributed by atoms with Gasteiger partial charge in [0.25, 0.3) is 0 Å². The molecule has 1 aliphatic rings. The summed E-state index contributed by atoms with van der Waals surface area (Å²) in [5, 5.41) is 5.91. The number of aromatic nitrogens is 1. The second-order valence-electron chi connectivity index (χ2n) is 4.69. The van der Waals surface area contributed by atoms with Gasteiger partial charge in [0.2, 0.25) is 5.91 Å². The highest BCUT2D eigenvalue weighted by Crippen LogP contribution is 2.27. The van der Waals surface area contributed by atoms with Crippen molar-refractivity contribution in [3.05, 3.63) is 24.3 Å². The number of carbonyl (C=O) groups excluding carboxylic acids is 1. The van der Waals surface area contributed by atoms with E-state index in [9.17, 15) is 9.18 Å². The van der Waals surface area contributed by atoms with Crippen LogP contribution in [-0.2, 0) is 4.79 Å². The van der Waals surface area contributed by atoms with E-state index in [0.29, 0.717) is 12.2 Å². The molecular formula is C12H16FN3O. The van der Waals surface area contributed by atoms with E-state index in [4.69, 9.17) is 0 Å². The average Bonchev–Trinajstić information content (AvgIpc) is 2.30. The Morgan fingerprint density at radius 1 is 1.59 bits per heavy atom. The number of anilines is 1. The van der Waals surface area contributed by atoms with Gasteiger partial charge in [-0.1, -0.05) is 0 Å². The Bertz CT molecular complexity index is 416. The van der Waals surface area contributed by atoms with Crippen LogP contribution < -0.4 is 10.6 Å². The number of nitrogens with zero attached hydrogens (tertiary/aromatic N) is 1. The summed E-state index contributed by atoms with van der Waals surface area (Å²) in [7, 11) is 0. The van der Waals surface area contributed by atoms with E-state index >= 15 is 0 Å². The summed E-state index contributed by atoms with van der Waals surface area (Å²) in [4.78, 5) is 15.8. The number of halogens is 1. The monoisotopic (exact) mass is 237 g/mol. The zero-order chi connectivity index (χ0) is 12.3. The largest absolute Gasteiger partial charge is 0.324 e. The lowest BCUT2D eigenvalue weighted by molar-refractivity contribution is -0.125. The van der Waals surface area contributed by atoms with E-state index in [1.54, 1.807) is 0 Å². The van der Waals surface area contributed by atoms with Gasteiger partial charge in [-0.25, -0.2) is 4.39 Å². The fraction of sp³-hybridized carbons (Fsp3) is 0.500. The van der Waals surface area contributed by atoms with Crippen LogP contribution in [0.2, 0.25) is 0 Å². The molecule has 0 radical (unpaired) electrons. The Hall–Kier alpha value is -1.49. The molecule has 0 aliphatic carbocycles. The maximum atomic E-state index is 12.9. The number of piperidine rings is 1. The SMILES string of the molecule is CC1(C(=O)Nc2cncc(F)c2)CCCNC1. The summed E-state index contributed by atoms with van der Waals surface area (Å²) in [5.41, 5.74) is -0.0216. The molecule has 1 amide bonds. The van der Waals surface area contributed by atoms with Crippen LogP contribution in [0.4, 0.5) is 10.1 Å². The van der Waals surface area contributed by atoms with Crippen LogP contribution in [0.25, 0.3) is 0 Å². The summed E-state index contributed by atoms with van der Waals surface area (Å²) in [6, 6.07) is 1.27. The molecule has 4 nitrogen and oxygen atoms in total. The Labute approximate surface area is 99.6 Å². The lowest BCUT2D eigenvalue weighted by atomic mass is 9.82. The van der Waals surface area contributed by atoms with Crippen molar-refractivity contribution in [3.8, 4) is 0 Å². The first-order valence-corrected chi connectivity index (χ1v) is 5.73. The summed E-state index contributed by atoms with van der Waals surface area (Å²) in [6.07, 6.45) is 4.38. The average molecular weight is 237 g/mol. The third kappa shape index (κ3) is 2.79. The summed E-state index contributed by atoms with van der Waals surface area (Å²) in [5.74, 6) is -0.535. The molecule has 1 fully saturated rings. The van der Waals surface area contributed by atoms with E-state index in [1.165, 1.54) is 12.3 Å². The fourth-order valence-corrected chi connectivity index (χ4v) is 2.01. The summed E-state index contributed by atoms with van der Waals surface area (Å²) < 4.78 is 12.9. The van der Waals surface area contributed by atoms with Gasteiger partial charge in [0, 0.05) is 12.6 Å². The van der Waals surface area contributed by atoms with E-state index in [-0.39, 0.29) is 5.91 Å². The van der Waals surface area contributed by atoms with E-state index < -0.39 is 11.2 Å². The minimum absolute atomic E-state index is 0.0860. The third-order valence-corrected chi connectivity index (χ3v) is 3.11. The molecule has 0 bridgehead atoms. The second kappa shape index (κ2) is 4.79. The van der Waals surface area contributed by atoms with Crippen molar-refractivity contribution >= 4 is 11.6 Å². The Morgan fingerprint density at radius 3 is 3.06 bits per heavy atom. The maximum Gasteiger partial charge on any atom is 0.231 e. The molecule has 92 valence electrons. The van der Waals surface area contributed by atoms with Crippen LogP contribution >= 0.6 is 0 Å². The summed E-state index contributed by atoms with van der Waals surface area (Å²) in [6.45, 7) is 3.52. The van der Waals surface area contributed by atoms with Crippen molar-refractivity contribution in [1.29, 1.82) is 0 Å². The Balaban J connectivity index is 2.05. The number of amides is 1. The first-order chi connectivity index (χ1) is 8.10. The number of pyridine rings is 1. The van der Waals surface area contributed by atoms with Gasteiger partial charge in [-0.05, 0) is 26.3 Å². The molecular weight excluding hydrogens is 221 g/mol. The highest BCUT2D eigenvalue weighted by molar-refractivity contribution is 5.95. The lowest BCUT2D eigenvalue weighted by Gasteiger charge is -2.32. The van der Waals surface area contributed by atoms with Crippen LogP contribution in [0.1, 0.15) is 19.8 Å². The minimum atomic E-state index is -0.449. The second-order valence-corrected chi connectivity index (χ2v) is 4.69. The van der Waals surface area contributed by atoms with Crippen molar-refractivity contribution in [1.82, 2.24) is 10.3 Å². The topological polar surface area (TPSA) is 54.0 Å². The molecule has 1 saturated heterocycles. The van der Waals surface area contributed by atoms with Crippen LogP contribution in [0.15, 0.2) is 18.5 Å². The molecule has 0 saturated carbocycles. The molecule has 1 atom stereocenters. The first-order valence-electron chi connectivity index (χ1n) is 5.73. The van der Waals surface area contributed by atoms with E-state index in [1.807, 2.05) is 6.92 Å². The quantitative estimate of drug-likeness (QED) is 0.820. The normalized spacial score (nSPS) is 24.4. The highest BCUT2D eigenvalue weighted by Gasteiger charge is 2.34. The van der Waals surface area contributed by atoms with E-state index in [2.05, 4.69) is 15.6 Å². The van der Waals surface area contributed by atoms with Crippen molar-refractivity contribution in [2.24, 2.45) is 5.41 Å². The van der Waals surface area contributed by atoms with Crippen LogP contribution in [0.3, 0.4) is 0 Å². The zero-order valence-electron chi connectivity index (χ0n) is 9.79. The standard InChI is InChI=1S/C12H16FN3O/c1-12(3-2-4-14-8-12)11(17)16-10-5-9(13)6-15-7-10/h5-7,14H,2-4,8H2,1H3,(H,16,17). The van der Waals surface area contributed by atoms with Crippen molar-refractivity contribution in [3.63, 3.8) is 0 Å².